The first kappa shape index (κ1) is 17.3. The Morgan fingerprint density at radius 1 is 1.08 bits per heavy atom. The molecule has 0 atom stereocenters. The Kier molecular flexibility index (Phi) is 5.38. The summed E-state index contributed by atoms with van der Waals surface area (Å²) in [7, 11) is 0. The summed E-state index contributed by atoms with van der Waals surface area (Å²) in [5, 5.41) is 6.53. The number of rotatable bonds is 6. The maximum atomic E-state index is 11.9. The number of hydrogen-bond acceptors (Lipinski definition) is 6. The molecule has 0 saturated heterocycles. The van der Waals surface area contributed by atoms with Crippen molar-refractivity contribution in [3.63, 3.8) is 0 Å². The van der Waals surface area contributed by atoms with Gasteiger partial charge in [-0.25, -0.2) is 0 Å². The molecule has 26 heavy (non-hydrogen) atoms. The maximum absolute atomic E-state index is 11.9. The van der Waals surface area contributed by atoms with Crippen LogP contribution >= 0.6 is 0 Å². The number of nitrogens with zero attached hydrogens (tertiary/aromatic N) is 2. The Labute approximate surface area is 150 Å². The van der Waals surface area contributed by atoms with E-state index in [1.165, 1.54) is 6.92 Å². The van der Waals surface area contributed by atoms with E-state index in [9.17, 15) is 9.59 Å². The predicted octanol–water partition coefficient (Wildman–Crippen LogP) is 2.98. The normalized spacial score (nSPS) is 10.3. The summed E-state index contributed by atoms with van der Waals surface area (Å²) >= 11 is 0. The SMILES string of the molecule is CC(=O)Nc1ccc(CC(=O)OCc2nc(-c3ccccc3)no2)cc1. The van der Waals surface area contributed by atoms with E-state index in [2.05, 4.69) is 15.5 Å². The molecule has 0 aliphatic rings. The first-order valence-corrected chi connectivity index (χ1v) is 8.00. The summed E-state index contributed by atoms with van der Waals surface area (Å²) in [6.07, 6.45) is 0.111. The molecule has 1 amide bonds. The van der Waals surface area contributed by atoms with Crippen LogP contribution in [-0.4, -0.2) is 22.0 Å². The fraction of sp³-hybridized carbons (Fsp3) is 0.158. The van der Waals surface area contributed by atoms with E-state index in [4.69, 9.17) is 9.26 Å². The lowest BCUT2D eigenvalue weighted by Gasteiger charge is -2.05. The van der Waals surface area contributed by atoms with Crippen molar-refractivity contribution in [3.8, 4) is 11.4 Å². The van der Waals surface area contributed by atoms with Crippen LogP contribution in [0.25, 0.3) is 11.4 Å². The second-order valence-electron chi connectivity index (χ2n) is 5.59. The van der Waals surface area contributed by atoms with Crippen LogP contribution in [0.3, 0.4) is 0 Å². The highest BCUT2D eigenvalue weighted by Gasteiger charge is 2.11. The van der Waals surface area contributed by atoms with Crippen molar-refractivity contribution in [1.29, 1.82) is 0 Å². The number of carbonyl (C=O) groups excluding carboxylic acids is 2. The smallest absolute Gasteiger partial charge is 0.310 e. The zero-order valence-corrected chi connectivity index (χ0v) is 14.1. The number of carbonyl (C=O) groups is 2. The minimum absolute atomic E-state index is 0.0807. The van der Waals surface area contributed by atoms with Gasteiger partial charge in [-0.2, -0.15) is 4.98 Å². The molecule has 0 spiro atoms. The lowest BCUT2D eigenvalue weighted by molar-refractivity contribution is -0.144. The minimum atomic E-state index is -0.406. The number of anilines is 1. The maximum Gasteiger partial charge on any atom is 0.310 e. The third-order valence-corrected chi connectivity index (χ3v) is 3.48. The van der Waals surface area contributed by atoms with Crippen molar-refractivity contribution in [1.82, 2.24) is 10.1 Å². The van der Waals surface area contributed by atoms with Crippen LogP contribution in [0, 0.1) is 0 Å². The second-order valence-corrected chi connectivity index (χ2v) is 5.59. The first-order chi connectivity index (χ1) is 12.6. The van der Waals surface area contributed by atoms with Gasteiger partial charge in [-0.15, -0.1) is 0 Å². The first-order valence-electron chi connectivity index (χ1n) is 8.00. The van der Waals surface area contributed by atoms with Crippen molar-refractivity contribution >= 4 is 17.6 Å². The zero-order chi connectivity index (χ0) is 18.4. The standard InChI is InChI=1S/C19H17N3O4/c1-13(23)20-16-9-7-14(8-10-16)11-18(24)25-12-17-21-19(22-26-17)15-5-3-2-4-6-15/h2-10H,11-12H2,1H3,(H,20,23). The van der Waals surface area contributed by atoms with E-state index in [0.29, 0.717) is 11.5 Å². The van der Waals surface area contributed by atoms with Gasteiger partial charge in [0.15, 0.2) is 6.61 Å². The van der Waals surface area contributed by atoms with Gasteiger partial charge < -0.3 is 14.6 Å². The molecule has 0 saturated carbocycles. The molecule has 2 aromatic carbocycles. The van der Waals surface area contributed by atoms with Gasteiger partial charge in [0, 0.05) is 18.2 Å². The average Bonchev–Trinajstić information content (AvgIpc) is 3.11. The number of aromatic nitrogens is 2. The lowest BCUT2D eigenvalue weighted by Crippen LogP contribution is -2.09. The summed E-state index contributed by atoms with van der Waals surface area (Å²) in [6.45, 7) is 1.36. The molecular formula is C19H17N3O4. The van der Waals surface area contributed by atoms with Gasteiger partial charge in [-0.3, -0.25) is 9.59 Å². The number of benzene rings is 2. The van der Waals surface area contributed by atoms with Gasteiger partial charge in [0.05, 0.1) is 6.42 Å². The molecular weight excluding hydrogens is 334 g/mol. The average molecular weight is 351 g/mol. The van der Waals surface area contributed by atoms with Crippen molar-refractivity contribution < 1.29 is 18.8 Å². The molecule has 7 heteroatoms. The monoisotopic (exact) mass is 351 g/mol. The molecule has 0 bridgehead atoms. The quantitative estimate of drug-likeness (QED) is 0.686. The number of hydrogen-bond donors (Lipinski definition) is 1. The Bertz CT molecular complexity index is 889. The highest BCUT2D eigenvalue weighted by atomic mass is 16.6. The van der Waals surface area contributed by atoms with Gasteiger partial charge in [0.25, 0.3) is 5.89 Å². The highest BCUT2D eigenvalue weighted by molar-refractivity contribution is 5.88. The summed E-state index contributed by atoms with van der Waals surface area (Å²) in [4.78, 5) is 27.1. The molecule has 132 valence electrons. The third kappa shape index (κ3) is 4.76. The topological polar surface area (TPSA) is 94.3 Å². The van der Waals surface area contributed by atoms with Crippen LogP contribution in [0.1, 0.15) is 18.4 Å². The van der Waals surface area contributed by atoms with Crippen LogP contribution in [-0.2, 0) is 27.4 Å². The van der Waals surface area contributed by atoms with Gasteiger partial charge in [0.1, 0.15) is 0 Å². The van der Waals surface area contributed by atoms with Crippen LogP contribution in [0.5, 0.6) is 0 Å². The fourth-order valence-corrected chi connectivity index (χ4v) is 2.29. The van der Waals surface area contributed by atoms with Crippen LogP contribution < -0.4 is 5.32 Å². The fourth-order valence-electron chi connectivity index (χ4n) is 2.29. The molecule has 0 unspecified atom stereocenters. The largest absolute Gasteiger partial charge is 0.455 e. The molecule has 1 heterocycles. The molecule has 0 radical (unpaired) electrons. The van der Waals surface area contributed by atoms with Crippen molar-refractivity contribution in [2.75, 3.05) is 5.32 Å². The molecule has 1 aromatic heterocycles. The van der Waals surface area contributed by atoms with Crippen LogP contribution in [0.2, 0.25) is 0 Å². The van der Waals surface area contributed by atoms with Gasteiger partial charge >= 0.3 is 5.97 Å². The number of esters is 1. The third-order valence-electron chi connectivity index (χ3n) is 3.48. The summed E-state index contributed by atoms with van der Waals surface area (Å²) in [6, 6.07) is 16.4. The zero-order valence-electron chi connectivity index (χ0n) is 14.1. The van der Waals surface area contributed by atoms with Crippen molar-refractivity contribution in [2.45, 2.75) is 20.0 Å². The Morgan fingerprint density at radius 3 is 2.50 bits per heavy atom. The molecule has 0 aliphatic carbocycles. The summed E-state index contributed by atoms with van der Waals surface area (Å²) in [5.74, 6) is 0.131. The summed E-state index contributed by atoms with van der Waals surface area (Å²) in [5.41, 5.74) is 2.28. The Balaban J connectivity index is 1.51. The summed E-state index contributed by atoms with van der Waals surface area (Å²) < 4.78 is 10.3. The van der Waals surface area contributed by atoms with E-state index in [0.717, 1.165) is 11.1 Å². The molecule has 1 N–H and O–H groups in total. The highest BCUT2D eigenvalue weighted by Crippen LogP contribution is 2.15. The van der Waals surface area contributed by atoms with Gasteiger partial charge in [0.2, 0.25) is 11.7 Å². The lowest BCUT2D eigenvalue weighted by atomic mass is 10.1. The van der Waals surface area contributed by atoms with E-state index in [-0.39, 0.29) is 24.8 Å². The molecule has 0 fully saturated rings. The predicted molar refractivity (Wildman–Crippen MR) is 94.0 cm³/mol. The van der Waals surface area contributed by atoms with Gasteiger partial charge in [-0.1, -0.05) is 47.6 Å². The Morgan fingerprint density at radius 2 is 1.81 bits per heavy atom. The number of amides is 1. The Hall–Kier alpha value is -3.48. The molecule has 7 nitrogen and oxygen atoms in total. The molecule has 3 rings (SSSR count). The van der Waals surface area contributed by atoms with E-state index in [1.807, 2.05) is 30.3 Å². The van der Waals surface area contributed by atoms with E-state index >= 15 is 0 Å². The molecule has 3 aromatic rings. The number of nitrogens with one attached hydrogen (secondary N) is 1. The van der Waals surface area contributed by atoms with Crippen molar-refractivity contribution in [2.24, 2.45) is 0 Å². The van der Waals surface area contributed by atoms with E-state index in [1.54, 1.807) is 24.3 Å². The van der Waals surface area contributed by atoms with E-state index < -0.39 is 5.97 Å². The van der Waals surface area contributed by atoms with Gasteiger partial charge in [-0.05, 0) is 17.7 Å². The molecule has 0 aliphatic heterocycles. The second kappa shape index (κ2) is 8.06. The van der Waals surface area contributed by atoms with Crippen molar-refractivity contribution in [3.05, 3.63) is 66.1 Å². The van der Waals surface area contributed by atoms with Crippen LogP contribution in [0.4, 0.5) is 5.69 Å². The van der Waals surface area contributed by atoms with Crippen LogP contribution in [0.15, 0.2) is 59.1 Å². The minimum Gasteiger partial charge on any atom is -0.455 e. The number of ether oxygens (including phenoxy) is 1.